The molecule has 0 heterocycles. The minimum atomic E-state index is -0.498. The summed E-state index contributed by atoms with van der Waals surface area (Å²) < 4.78 is 10.5. The Balaban J connectivity index is 1.95. The van der Waals surface area contributed by atoms with Gasteiger partial charge in [0.05, 0.1) is 19.9 Å². The molecule has 2 rings (SSSR count). The van der Waals surface area contributed by atoms with Crippen LogP contribution in [0.1, 0.15) is 11.1 Å². The topological polar surface area (TPSA) is 104 Å². The van der Waals surface area contributed by atoms with Gasteiger partial charge in [0, 0.05) is 12.7 Å². The Morgan fingerprint density at radius 3 is 2.61 bits per heavy atom. The number of nitriles is 1. The number of benzene rings is 2. The van der Waals surface area contributed by atoms with Gasteiger partial charge in [0.1, 0.15) is 17.4 Å². The fourth-order valence-corrected chi connectivity index (χ4v) is 2.52. The molecule has 2 aromatic carbocycles. The average Bonchev–Trinajstić information content (AvgIpc) is 2.70. The van der Waals surface area contributed by atoms with E-state index in [-0.39, 0.29) is 11.3 Å². The van der Waals surface area contributed by atoms with E-state index in [0.29, 0.717) is 30.2 Å². The van der Waals surface area contributed by atoms with E-state index in [0.717, 1.165) is 11.1 Å². The number of carbonyl (C=O) groups excluding carboxylic acids is 1. The molecule has 0 radical (unpaired) electrons. The molecule has 0 saturated carbocycles. The third kappa shape index (κ3) is 5.42. The maximum absolute atomic E-state index is 12.2. The van der Waals surface area contributed by atoms with Gasteiger partial charge in [-0.3, -0.25) is 4.79 Å². The smallest absolute Gasteiger partial charge is 0.263 e. The van der Waals surface area contributed by atoms with Crippen molar-refractivity contribution in [2.75, 3.05) is 26.1 Å². The summed E-state index contributed by atoms with van der Waals surface area (Å²) in [7, 11) is 3.13. The second-order valence-corrected chi connectivity index (χ2v) is 6.03. The molecular weight excluding hydrogens is 358 g/mol. The number of aromatic hydroxyl groups is 1. The number of amides is 1. The van der Waals surface area contributed by atoms with Crippen LogP contribution in [0.2, 0.25) is 0 Å². The fourth-order valence-electron chi connectivity index (χ4n) is 2.52. The summed E-state index contributed by atoms with van der Waals surface area (Å²) in [6, 6.07) is 12.4. The molecule has 7 nitrogen and oxygen atoms in total. The van der Waals surface area contributed by atoms with Crippen LogP contribution in [-0.2, 0) is 11.2 Å². The number of hydrogen-bond donors (Lipinski definition) is 3. The number of rotatable bonds is 8. The molecule has 2 aromatic rings. The Kier molecular flexibility index (Phi) is 7.28. The quantitative estimate of drug-likeness (QED) is 0.369. The molecule has 3 N–H and O–H groups in total. The molecule has 146 valence electrons. The van der Waals surface area contributed by atoms with Gasteiger partial charge in [0.25, 0.3) is 5.91 Å². The van der Waals surface area contributed by atoms with E-state index in [1.807, 2.05) is 25.1 Å². The van der Waals surface area contributed by atoms with Gasteiger partial charge in [-0.15, -0.1) is 0 Å². The Bertz CT molecular complexity index is 916. The number of carbonyl (C=O) groups is 1. The van der Waals surface area contributed by atoms with Crippen molar-refractivity contribution in [2.24, 2.45) is 0 Å². The number of nitrogens with one attached hydrogen (secondary N) is 2. The summed E-state index contributed by atoms with van der Waals surface area (Å²) >= 11 is 0. The van der Waals surface area contributed by atoms with Crippen LogP contribution in [0.3, 0.4) is 0 Å². The summed E-state index contributed by atoms with van der Waals surface area (Å²) in [4.78, 5) is 12.2. The second-order valence-electron chi connectivity index (χ2n) is 6.03. The average molecular weight is 381 g/mol. The van der Waals surface area contributed by atoms with Crippen LogP contribution in [0.5, 0.6) is 17.2 Å². The van der Waals surface area contributed by atoms with Gasteiger partial charge in [-0.2, -0.15) is 5.26 Å². The SMILES string of the molecule is COc1ccc(CCNC(=O)/C(C#N)=C\Nc2cc(C)ccc2O)cc1OC. The predicted octanol–water partition coefficient (Wildman–Crippen LogP) is 2.90. The van der Waals surface area contributed by atoms with Crippen molar-refractivity contribution in [3.05, 3.63) is 59.3 Å². The Morgan fingerprint density at radius 1 is 1.18 bits per heavy atom. The van der Waals surface area contributed by atoms with Gasteiger partial charge in [-0.25, -0.2) is 0 Å². The first-order chi connectivity index (χ1) is 13.5. The minimum Gasteiger partial charge on any atom is -0.506 e. The van der Waals surface area contributed by atoms with Crippen molar-refractivity contribution in [3.8, 4) is 23.3 Å². The molecule has 0 unspecified atom stereocenters. The molecular formula is C21H23N3O4. The van der Waals surface area contributed by atoms with E-state index in [9.17, 15) is 15.2 Å². The fraction of sp³-hybridized carbons (Fsp3) is 0.238. The molecule has 0 aromatic heterocycles. The number of ether oxygens (including phenoxy) is 2. The van der Waals surface area contributed by atoms with Crippen molar-refractivity contribution in [1.29, 1.82) is 5.26 Å². The molecule has 0 aliphatic carbocycles. The first-order valence-electron chi connectivity index (χ1n) is 8.64. The van der Waals surface area contributed by atoms with Crippen LogP contribution in [0.4, 0.5) is 5.69 Å². The summed E-state index contributed by atoms with van der Waals surface area (Å²) in [5, 5.41) is 24.5. The summed E-state index contributed by atoms with van der Waals surface area (Å²) in [6.07, 6.45) is 1.84. The van der Waals surface area contributed by atoms with Gasteiger partial charge >= 0.3 is 0 Å². The first kappa shape index (κ1) is 20.6. The lowest BCUT2D eigenvalue weighted by molar-refractivity contribution is -0.117. The van der Waals surface area contributed by atoms with Crippen LogP contribution in [0.15, 0.2) is 48.2 Å². The molecule has 28 heavy (non-hydrogen) atoms. The highest BCUT2D eigenvalue weighted by atomic mass is 16.5. The van der Waals surface area contributed by atoms with Crippen molar-refractivity contribution < 1.29 is 19.4 Å². The lowest BCUT2D eigenvalue weighted by atomic mass is 10.1. The number of methoxy groups -OCH3 is 2. The highest BCUT2D eigenvalue weighted by molar-refractivity contribution is 5.97. The molecule has 0 fully saturated rings. The number of phenolic OH excluding ortho intramolecular Hbond substituents is 1. The highest BCUT2D eigenvalue weighted by Crippen LogP contribution is 2.27. The Labute approximate surface area is 164 Å². The number of nitrogens with zero attached hydrogens (tertiary/aromatic N) is 1. The predicted molar refractivity (Wildman–Crippen MR) is 106 cm³/mol. The lowest BCUT2D eigenvalue weighted by Crippen LogP contribution is -2.27. The molecule has 0 aliphatic rings. The summed E-state index contributed by atoms with van der Waals surface area (Å²) in [5.74, 6) is 0.789. The second kappa shape index (κ2) is 9.88. The van der Waals surface area contributed by atoms with E-state index in [1.54, 1.807) is 38.5 Å². The lowest BCUT2D eigenvalue weighted by Gasteiger charge is -2.10. The molecule has 0 spiro atoms. The number of anilines is 1. The zero-order valence-corrected chi connectivity index (χ0v) is 16.1. The first-order valence-corrected chi connectivity index (χ1v) is 8.64. The van der Waals surface area contributed by atoms with E-state index < -0.39 is 5.91 Å². The van der Waals surface area contributed by atoms with E-state index in [1.165, 1.54) is 6.20 Å². The molecule has 1 amide bonds. The van der Waals surface area contributed by atoms with E-state index in [2.05, 4.69) is 10.6 Å². The molecule has 0 bridgehead atoms. The molecule has 0 atom stereocenters. The Morgan fingerprint density at radius 2 is 1.93 bits per heavy atom. The zero-order valence-electron chi connectivity index (χ0n) is 16.1. The van der Waals surface area contributed by atoms with Crippen LogP contribution in [-0.4, -0.2) is 31.8 Å². The van der Waals surface area contributed by atoms with Crippen LogP contribution in [0, 0.1) is 18.3 Å². The Hall–Kier alpha value is -3.66. The normalized spacial score (nSPS) is 10.7. The van der Waals surface area contributed by atoms with Gasteiger partial charge in [0.2, 0.25) is 0 Å². The standard InChI is InChI=1S/C21H23N3O4/c1-14-4-6-18(25)17(10-14)24-13-16(12-22)21(26)23-9-8-15-5-7-19(27-2)20(11-15)28-3/h4-7,10-11,13,24-25H,8-9H2,1-3H3,(H,23,26)/b16-13-. The van der Waals surface area contributed by atoms with Crippen molar-refractivity contribution >= 4 is 11.6 Å². The van der Waals surface area contributed by atoms with Crippen molar-refractivity contribution in [1.82, 2.24) is 5.32 Å². The van der Waals surface area contributed by atoms with Gasteiger partial charge in [0.15, 0.2) is 11.5 Å². The van der Waals surface area contributed by atoms with Crippen LogP contribution in [0.25, 0.3) is 0 Å². The van der Waals surface area contributed by atoms with E-state index in [4.69, 9.17) is 9.47 Å². The maximum atomic E-state index is 12.2. The van der Waals surface area contributed by atoms with Crippen molar-refractivity contribution in [2.45, 2.75) is 13.3 Å². The zero-order chi connectivity index (χ0) is 20.5. The van der Waals surface area contributed by atoms with Crippen LogP contribution >= 0.6 is 0 Å². The molecule has 7 heteroatoms. The van der Waals surface area contributed by atoms with E-state index >= 15 is 0 Å². The van der Waals surface area contributed by atoms with Crippen LogP contribution < -0.4 is 20.1 Å². The monoisotopic (exact) mass is 381 g/mol. The summed E-state index contributed by atoms with van der Waals surface area (Å²) in [6.45, 7) is 2.23. The van der Waals surface area contributed by atoms with Gasteiger partial charge in [-0.1, -0.05) is 12.1 Å². The number of hydrogen-bond acceptors (Lipinski definition) is 6. The number of aryl methyl sites for hydroxylation is 1. The maximum Gasteiger partial charge on any atom is 0.263 e. The minimum absolute atomic E-state index is 0.0352. The largest absolute Gasteiger partial charge is 0.506 e. The number of phenols is 1. The van der Waals surface area contributed by atoms with Crippen molar-refractivity contribution in [3.63, 3.8) is 0 Å². The van der Waals surface area contributed by atoms with Gasteiger partial charge in [-0.05, 0) is 48.7 Å². The third-order valence-electron chi connectivity index (χ3n) is 4.04. The molecule has 0 saturated heterocycles. The third-order valence-corrected chi connectivity index (χ3v) is 4.04. The summed E-state index contributed by atoms with van der Waals surface area (Å²) in [5.41, 5.74) is 2.23. The molecule has 0 aliphatic heterocycles. The van der Waals surface area contributed by atoms with Gasteiger partial charge < -0.3 is 25.2 Å². The highest BCUT2D eigenvalue weighted by Gasteiger charge is 2.10.